The van der Waals surface area contributed by atoms with Gasteiger partial charge in [0.2, 0.25) is 0 Å². The molecule has 0 atom stereocenters. The summed E-state index contributed by atoms with van der Waals surface area (Å²) in [4.78, 5) is 12.1. The van der Waals surface area contributed by atoms with Crippen LogP contribution in [0.1, 0.15) is 35.0 Å². The van der Waals surface area contributed by atoms with Gasteiger partial charge in [0.25, 0.3) is 5.91 Å². The summed E-state index contributed by atoms with van der Waals surface area (Å²) >= 11 is 0. The first-order chi connectivity index (χ1) is 9.65. The fourth-order valence-corrected chi connectivity index (χ4v) is 2.25. The third-order valence-corrected chi connectivity index (χ3v) is 3.38. The van der Waals surface area contributed by atoms with Gasteiger partial charge in [-0.2, -0.15) is 0 Å². The molecule has 20 heavy (non-hydrogen) atoms. The Bertz CT molecular complexity index is 602. The van der Waals surface area contributed by atoms with E-state index >= 15 is 0 Å². The van der Waals surface area contributed by atoms with E-state index in [0.29, 0.717) is 12.3 Å². The molecule has 1 aromatic heterocycles. The van der Waals surface area contributed by atoms with Crippen molar-refractivity contribution in [1.29, 1.82) is 0 Å². The number of hydrogen-bond acceptors (Lipinski definition) is 3. The molecule has 2 rings (SSSR count). The first-order valence-electron chi connectivity index (χ1n) is 7.12. The van der Waals surface area contributed by atoms with E-state index in [1.807, 2.05) is 32.0 Å². The molecule has 0 bridgehead atoms. The average Bonchev–Trinajstić information content (AvgIpc) is 2.78. The van der Waals surface area contributed by atoms with Gasteiger partial charge in [0, 0.05) is 24.0 Å². The molecule has 0 aliphatic rings. The minimum atomic E-state index is -0.142. The standard InChI is InChI=1S/C16H22N2O2/c1-4-8-17-9-10-18-16(19)15-12(3)13-7-5-6-11(2)14(13)20-15/h5-7,17H,4,8-10H2,1-3H3,(H,18,19). The largest absolute Gasteiger partial charge is 0.450 e. The molecule has 0 unspecified atom stereocenters. The van der Waals surface area contributed by atoms with Crippen molar-refractivity contribution >= 4 is 16.9 Å². The van der Waals surface area contributed by atoms with Gasteiger partial charge in [-0.15, -0.1) is 0 Å². The highest BCUT2D eigenvalue weighted by Gasteiger charge is 2.17. The lowest BCUT2D eigenvalue weighted by Crippen LogP contribution is -2.32. The zero-order chi connectivity index (χ0) is 14.5. The lowest BCUT2D eigenvalue weighted by atomic mass is 10.1. The molecule has 0 aliphatic heterocycles. The van der Waals surface area contributed by atoms with Crippen LogP contribution >= 0.6 is 0 Å². The van der Waals surface area contributed by atoms with Crippen LogP contribution in [0.5, 0.6) is 0 Å². The Labute approximate surface area is 119 Å². The highest BCUT2D eigenvalue weighted by atomic mass is 16.3. The molecule has 1 amide bonds. The number of aryl methyl sites for hydroxylation is 2. The van der Waals surface area contributed by atoms with Crippen LogP contribution in [0.4, 0.5) is 0 Å². The van der Waals surface area contributed by atoms with E-state index in [-0.39, 0.29) is 5.91 Å². The van der Waals surface area contributed by atoms with Crippen LogP contribution in [0, 0.1) is 13.8 Å². The number of carbonyl (C=O) groups excluding carboxylic acids is 1. The Balaban J connectivity index is 2.07. The van der Waals surface area contributed by atoms with Gasteiger partial charge in [-0.3, -0.25) is 4.79 Å². The van der Waals surface area contributed by atoms with Crippen LogP contribution in [0.15, 0.2) is 22.6 Å². The normalized spacial score (nSPS) is 10.9. The summed E-state index contributed by atoms with van der Waals surface area (Å²) in [6, 6.07) is 5.96. The highest BCUT2D eigenvalue weighted by Crippen LogP contribution is 2.27. The summed E-state index contributed by atoms with van der Waals surface area (Å²) in [7, 11) is 0. The van der Waals surface area contributed by atoms with E-state index in [2.05, 4.69) is 17.6 Å². The molecular formula is C16H22N2O2. The Morgan fingerprint density at radius 2 is 2.00 bits per heavy atom. The summed E-state index contributed by atoms with van der Waals surface area (Å²) in [5, 5.41) is 7.14. The Morgan fingerprint density at radius 3 is 2.70 bits per heavy atom. The smallest absolute Gasteiger partial charge is 0.287 e. The lowest BCUT2D eigenvalue weighted by Gasteiger charge is -2.04. The highest BCUT2D eigenvalue weighted by molar-refractivity contribution is 5.99. The first-order valence-corrected chi connectivity index (χ1v) is 7.12. The molecule has 0 saturated carbocycles. The summed E-state index contributed by atoms with van der Waals surface area (Å²) in [5.74, 6) is 0.279. The van der Waals surface area contributed by atoms with E-state index < -0.39 is 0 Å². The Kier molecular flexibility index (Phi) is 4.79. The van der Waals surface area contributed by atoms with Gasteiger partial charge in [-0.25, -0.2) is 0 Å². The summed E-state index contributed by atoms with van der Waals surface area (Å²) < 4.78 is 5.74. The zero-order valence-electron chi connectivity index (χ0n) is 12.4. The number of nitrogens with one attached hydrogen (secondary N) is 2. The van der Waals surface area contributed by atoms with E-state index in [1.165, 1.54) is 0 Å². The van der Waals surface area contributed by atoms with Gasteiger partial charge >= 0.3 is 0 Å². The maximum atomic E-state index is 12.1. The van der Waals surface area contributed by atoms with Crippen molar-refractivity contribution in [1.82, 2.24) is 10.6 Å². The number of rotatable bonds is 6. The molecule has 108 valence electrons. The van der Waals surface area contributed by atoms with Crippen LogP contribution < -0.4 is 10.6 Å². The topological polar surface area (TPSA) is 54.3 Å². The van der Waals surface area contributed by atoms with Crippen molar-refractivity contribution in [3.05, 3.63) is 35.1 Å². The number of fused-ring (bicyclic) bond motifs is 1. The number of para-hydroxylation sites is 1. The van der Waals surface area contributed by atoms with Crippen LogP contribution in [-0.2, 0) is 0 Å². The van der Waals surface area contributed by atoms with E-state index in [9.17, 15) is 4.79 Å². The van der Waals surface area contributed by atoms with Crippen LogP contribution in [0.25, 0.3) is 11.0 Å². The SMILES string of the molecule is CCCNCCNC(=O)c1oc2c(C)cccc2c1C. The maximum Gasteiger partial charge on any atom is 0.287 e. The fourth-order valence-electron chi connectivity index (χ4n) is 2.25. The third-order valence-electron chi connectivity index (χ3n) is 3.38. The molecule has 0 radical (unpaired) electrons. The van der Waals surface area contributed by atoms with Crippen molar-refractivity contribution in [3.8, 4) is 0 Å². The molecular weight excluding hydrogens is 252 g/mol. The molecule has 2 aromatic rings. The summed E-state index contributed by atoms with van der Waals surface area (Å²) in [5.41, 5.74) is 2.76. The van der Waals surface area contributed by atoms with Crippen molar-refractivity contribution in [3.63, 3.8) is 0 Å². The minimum absolute atomic E-state index is 0.142. The zero-order valence-corrected chi connectivity index (χ0v) is 12.4. The second-order valence-electron chi connectivity index (χ2n) is 5.01. The second kappa shape index (κ2) is 6.57. The van der Waals surface area contributed by atoms with E-state index in [4.69, 9.17) is 4.42 Å². The number of hydrogen-bond donors (Lipinski definition) is 2. The quantitative estimate of drug-likeness (QED) is 0.796. The molecule has 0 spiro atoms. The minimum Gasteiger partial charge on any atom is -0.450 e. The summed E-state index contributed by atoms with van der Waals surface area (Å²) in [6.07, 6.45) is 1.09. The Morgan fingerprint density at radius 1 is 1.20 bits per heavy atom. The molecule has 0 saturated heterocycles. The number of carbonyl (C=O) groups is 1. The Hall–Kier alpha value is -1.81. The van der Waals surface area contributed by atoms with E-state index in [1.54, 1.807) is 0 Å². The fraction of sp³-hybridized carbons (Fsp3) is 0.438. The van der Waals surface area contributed by atoms with Crippen molar-refractivity contribution in [2.24, 2.45) is 0 Å². The van der Waals surface area contributed by atoms with Gasteiger partial charge in [0.15, 0.2) is 5.76 Å². The molecule has 0 aliphatic carbocycles. The van der Waals surface area contributed by atoms with Gasteiger partial charge in [0.1, 0.15) is 5.58 Å². The molecule has 2 N–H and O–H groups in total. The van der Waals surface area contributed by atoms with Gasteiger partial charge in [-0.1, -0.05) is 25.1 Å². The predicted molar refractivity (Wildman–Crippen MR) is 81.2 cm³/mol. The molecule has 4 heteroatoms. The lowest BCUT2D eigenvalue weighted by molar-refractivity contribution is 0.0927. The van der Waals surface area contributed by atoms with Crippen molar-refractivity contribution in [2.75, 3.05) is 19.6 Å². The van der Waals surface area contributed by atoms with Crippen LogP contribution in [-0.4, -0.2) is 25.5 Å². The first kappa shape index (κ1) is 14.6. The monoisotopic (exact) mass is 274 g/mol. The second-order valence-corrected chi connectivity index (χ2v) is 5.01. The molecule has 4 nitrogen and oxygen atoms in total. The van der Waals surface area contributed by atoms with Crippen LogP contribution in [0.2, 0.25) is 0 Å². The third kappa shape index (κ3) is 3.02. The van der Waals surface area contributed by atoms with E-state index in [0.717, 1.165) is 41.6 Å². The predicted octanol–water partition coefficient (Wildman–Crippen LogP) is 2.78. The maximum absolute atomic E-state index is 12.1. The van der Waals surface area contributed by atoms with Gasteiger partial charge < -0.3 is 15.1 Å². The molecule has 1 aromatic carbocycles. The van der Waals surface area contributed by atoms with Crippen molar-refractivity contribution < 1.29 is 9.21 Å². The number of amides is 1. The molecule has 1 heterocycles. The van der Waals surface area contributed by atoms with Gasteiger partial charge in [-0.05, 0) is 32.4 Å². The molecule has 0 fully saturated rings. The number of furan rings is 1. The van der Waals surface area contributed by atoms with Gasteiger partial charge in [0.05, 0.1) is 0 Å². The summed E-state index contributed by atoms with van der Waals surface area (Å²) in [6.45, 7) is 8.38. The number of benzene rings is 1. The van der Waals surface area contributed by atoms with Crippen molar-refractivity contribution in [2.45, 2.75) is 27.2 Å². The average molecular weight is 274 g/mol. The van der Waals surface area contributed by atoms with Crippen LogP contribution in [0.3, 0.4) is 0 Å².